The van der Waals surface area contributed by atoms with Crippen molar-refractivity contribution in [1.82, 2.24) is 10.3 Å². The van der Waals surface area contributed by atoms with Crippen LogP contribution >= 0.6 is 0 Å². The first-order valence-electron chi connectivity index (χ1n) is 6.34. The molecule has 0 spiro atoms. The van der Waals surface area contributed by atoms with Gasteiger partial charge in [0.1, 0.15) is 24.8 Å². The van der Waals surface area contributed by atoms with Gasteiger partial charge in [-0.3, -0.25) is 4.90 Å². The van der Waals surface area contributed by atoms with Crippen LogP contribution in [-0.4, -0.2) is 29.9 Å². The molecule has 2 amide bonds. The number of nitrogens with one attached hydrogen (secondary N) is 1. The van der Waals surface area contributed by atoms with Gasteiger partial charge in [0.15, 0.2) is 0 Å². The number of carbonyl (C=O) groups excluding carboxylic acids is 2. The van der Waals surface area contributed by atoms with Crippen molar-refractivity contribution in [3.8, 4) is 0 Å². The van der Waals surface area contributed by atoms with Gasteiger partial charge in [-0.2, -0.15) is 0 Å². The molecule has 1 atom stereocenters. The van der Waals surface area contributed by atoms with E-state index < -0.39 is 18.7 Å². The number of allylic oxidation sites excluding steroid dienone is 1. The standard InChI is InChI=1S/C14H16FN3O2/c1-3-4-12-9(2)10(6-15)5-13(17-12)18-11(8-19)7-16-14(18)20/h3-5,8,11H,6-7H2,1-2H3,(H,16,20)/b4-3-. The van der Waals surface area contributed by atoms with Gasteiger partial charge < -0.3 is 10.1 Å². The minimum absolute atomic E-state index is 0.238. The highest BCUT2D eigenvalue weighted by molar-refractivity contribution is 5.98. The number of alkyl halides is 1. The number of rotatable bonds is 4. The first-order chi connectivity index (χ1) is 9.62. The number of aldehydes is 1. The molecule has 6 heteroatoms. The van der Waals surface area contributed by atoms with Crippen LogP contribution in [0.5, 0.6) is 0 Å². The quantitative estimate of drug-likeness (QED) is 0.856. The van der Waals surface area contributed by atoms with Crippen molar-refractivity contribution in [1.29, 1.82) is 0 Å². The molecule has 0 aromatic carbocycles. The van der Waals surface area contributed by atoms with E-state index in [2.05, 4.69) is 10.3 Å². The van der Waals surface area contributed by atoms with E-state index in [1.54, 1.807) is 19.1 Å². The number of aromatic nitrogens is 1. The summed E-state index contributed by atoms with van der Waals surface area (Å²) in [4.78, 5) is 28.4. The number of nitrogens with zero attached hydrogens (tertiary/aromatic N) is 2. The summed E-state index contributed by atoms with van der Waals surface area (Å²) >= 11 is 0. The Bertz CT molecular complexity index is 572. The molecule has 0 bridgehead atoms. The second kappa shape index (κ2) is 5.81. The van der Waals surface area contributed by atoms with Crippen LogP contribution in [0.4, 0.5) is 15.0 Å². The van der Waals surface area contributed by atoms with Crippen molar-refractivity contribution in [3.63, 3.8) is 0 Å². The van der Waals surface area contributed by atoms with Gasteiger partial charge in [0.2, 0.25) is 0 Å². The highest BCUT2D eigenvalue weighted by Gasteiger charge is 2.33. The van der Waals surface area contributed by atoms with Gasteiger partial charge >= 0.3 is 6.03 Å². The van der Waals surface area contributed by atoms with E-state index >= 15 is 0 Å². The van der Waals surface area contributed by atoms with E-state index in [9.17, 15) is 14.0 Å². The van der Waals surface area contributed by atoms with Crippen molar-refractivity contribution >= 4 is 24.2 Å². The van der Waals surface area contributed by atoms with Gasteiger partial charge in [0.25, 0.3) is 0 Å². The predicted octanol–water partition coefficient (Wildman–Crippen LogP) is 1.99. The van der Waals surface area contributed by atoms with Gasteiger partial charge in [-0.15, -0.1) is 0 Å². The lowest BCUT2D eigenvalue weighted by atomic mass is 10.1. The third-order valence-corrected chi connectivity index (χ3v) is 3.29. The minimum Gasteiger partial charge on any atom is -0.335 e. The number of carbonyl (C=O) groups is 2. The van der Waals surface area contributed by atoms with Crippen molar-refractivity contribution in [2.75, 3.05) is 11.4 Å². The summed E-state index contributed by atoms with van der Waals surface area (Å²) in [6.07, 6.45) is 4.23. The Balaban J connectivity index is 2.53. The topological polar surface area (TPSA) is 62.3 Å². The maximum absolute atomic E-state index is 13.1. The van der Waals surface area contributed by atoms with Crippen LogP contribution in [-0.2, 0) is 11.5 Å². The van der Waals surface area contributed by atoms with Crippen molar-refractivity contribution < 1.29 is 14.0 Å². The molecule has 1 aliphatic rings. The zero-order chi connectivity index (χ0) is 14.7. The highest BCUT2D eigenvalue weighted by Crippen LogP contribution is 2.24. The van der Waals surface area contributed by atoms with Gasteiger partial charge in [-0.1, -0.05) is 6.08 Å². The van der Waals surface area contributed by atoms with E-state index in [0.29, 0.717) is 23.4 Å². The maximum Gasteiger partial charge on any atom is 0.323 e. The van der Waals surface area contributed by atoms with Crippen molar-refractivity contribution in [2.45, 2.75) is 26.6 Å². The first kappa shape index (κ1) is 14.2. The summed E-state index contributed by atoms with van der Waals surface area (Å²) in [5.41, 5.74) is 1.80. The molecule has 2 heterocycles. The second-order valence-corrected chi connectivity index (χ2v) is 4.54. The number of halogens is 1. The van der Waals surface area contributed by atoms with Gasteiger partial charge in [0.05, 0.1) is 5.69 Å². The predicted molar refractivity (Wildman–Crippen MR) is 74.2 cm³/mol. The Morgan fingerprint density at radius 2 is 2.35 bits per heavy atom. The van der Waals surface area contributed by atoms with Crippen LogP contribution in [0.3, 0.4) is 0 Å². The van der Waals surface area contributed by atoms with E-state index in [1.165, 1.54) is 11.0 Å². The lowest BCUT2D eigenvalue weighted by Crippen LogP contribution is -2.36. The van der Waals surface area contributed by atoms with Crippen LogP contribution in [0.1, 0.15) is 23.7 Å². The molecule has 1 aromatic heterocycles. The van der Waals surface area contributed by atoms with E-state index in [0.717, 1.165) is 5.56 Å². The Morgan fingerprint density at radius 1 is 1.60 bits per heavy atom. The molecule has 1 saturated heterocycles. The summed E-state index contributed by atoms with van der Waals surface area (Å²) in [5, 5.41) is 2.58. The molecule has 0 saturated carbocycles. The molecular weight excluding hydrogens is 261 g/mol. The molecule has 1 fully saturated rings. The van der Waals surface area contributed by atoms with Crippen molar-refractivity contribution in [3.05, 3.63) is 29.0 Å². The second-order valence-electron chi connectivity index (χ2n) is 4.54. The fourth-order valence-corrected chi connectivity index (χ4v) is 2.15. The Kier molecular flexibility index (Phi) is 4.12. The number of amides is 2. The molecule has 1 aromatic rings. The SMILES string of the molecule is C/C=C\c1nc(N2C(=O)NCC2C=O)cc(CF)c1C. The fraction of sp³-hybridized carbons (Fsp3) is 0.357. The van der Waals surface area contributed by atoms with Gasteiger partial charge in [-0.05, 0) is 37.1 Å². The Labute approximate surface area is 116 Å². The molecule has 1 unspecified atom stereocenters. The normalized spacial score (nSPS) is 18.6. The summed E-state index contributed by atoms with van der Waals surface area (Å²) in [7, 11) is 0. The largest absolute Gasteiger partial charge is 0.335 e. The number of hydrogen-bond acceptors (Lipinski definition) is 3. The minimum atomic E-state index is -0.646. The number of urea groups is 1. The average Bonchev–Trinajstić information content (AvgIpc) is 2.82. The Morgan fingerprint density at radius 3 is 2.95 bits per heavy atom. The average molecular weight is 277 g/mol. The third-order valence-electron chi connectivity index (χ3n) is 3.29. The summed E-state index contributed by atoms with van der Waals surface area (Å²) in [6, 6.07) is 0.516. The maximum atomic E-state index is 13.1. The summed E-state index contributed by atoms with van der Waals surface area (Å²) < 4.78 is 13.1. The van der Waals surface area contributed by atoms with E-state index in [4.69, 9.17) is 0 Å². The monoisotopic (exact) mass is 277 g/mol. The molecule has 2 rings (SSSR count). The van der Waals surface area contributed by atoms with E-state index in [-0.39, 0.29) is 6.54 Å². The molecule has 0 radical (unpaired) electrons. The van der Waals surface area contributed by atoms with Crippen LogP contribution in [0.15, 0.2) is 12.1 Å². The zero-order valence-electron chi connectivity index (χ0n) is 11.4. The zero-order valence-corrected chi connectivity index (χ0v) is 11.4. The lowest BCUT2D eigenvalue weighted by Gasteiger charge is -2.20. The number of anilines is 1. The Hall–Kier alpha value is -2.24. The number of hydrogen-bond donors (Lipinski definition) is 1. The van der Waals surface area contributed by atoms with Gasteiger partial charge in [-0.25, -0.2) is 14.2 Å². The van der Waals surface area contributed by atoms with Crippen LogP contribution < -0.4 is 10.2 Å². The fourth-order valence-electron chi connectivity index (χ4n) is 2.15. The first-order valence-corrected chi connectivity index (χ1v) is 6.34. The summed E-state index contributed by atoms with van der Waals surface area (Å²) in [5.74, 6) is 0.295. The van der Waals surface area contributed by atoms with E-state index in [1.807, 2.05) is 6.92 Å². The molecule has 1 N–H and O–H groups in total. The molecular formula is C14H16FN3O2. The highest BCUT2D eigenvalue weighted by atomic mass is 19.1. The van der Waals surface area contributed by atoms with Crippen LogP contribution in [0, 0.1) is 6.92 Å². The van der Waals surface area contributed by atoms with Crippen LogP contribution in [0.2, 0.25) is 0 Å². The molecule has 0 aliphatic carbocycles. The lowest BCUT2D eigenvalue weighted by molar-refractivity contribution is -0.108. The van der Waals surface area contributed by atoms with Crippen LogP contribution in [0.25, 0.3) is 6.08 Å². The summed E-state index contributed by atoms with van der Waals surface area (Å²) in [6.45, 7) is 3.21. The van der Waals surface area contributed by atoms with Crippen molar-refractivity contribution in [2.24, 2.45) is 0 Å². The van der Waals surface area contributed by atoms with Gasteiger partial charge in [0, 0.05) is 6.54 Å². The molecule has 5 nitrogen and oxygen atoms in total. The molecule has 1 aliphatic heterocycles. The molecule has 106 valence electrons. The number of pyridine rings is 1. The molecule has 20 heavy (non-hydrogen) atoms. The third kappa shape index (κ3) is 2.41. The smallest absolute Gasteiger partial charge is 0.323 e.